The summed E-state index contributed by atoms with van der Waals surface area (Å²) >= 11 is 0. The van der Waals surface area contributed by atoms with Gasteiger partial charge in [-0.25, -0.2) is 14.4 Å². The van der Waals surface area contributed by atoms with Crippen molar-refractivity contribution in [2.45, 2.75) is 46.1 Å². The van der Waals surface area contributed by atoms with Crippen LogP contribution in [0.3, 0.4) is 0 Å². The molecule has 2 heterocycles. The lowest BCUT2D eigenvalue weighted by Gasteiger charge is -2.26. The highest BCUT2D eigenvalue weighted by Crippen LogP contribution is 2.27. The van der Waals surface area contributed by atoms with E-state index in [9.17, 15) is 22.8 Å². The van der Waals surface area contributed by atoms with Crippen LogP contribution in [0.5, 0.6) is 5.88 Å². The smallest absolute Gasteiger partial charge is 0.302 e. The number of carbonyl (C=O) groups excluding carboxylic acids is 2. The number of amides is 2. The van der Waals surface area contributed by atoms with Crippen LogP contribution in [0.2, 0.25) is 0 Å². The summed E-state index contributed by atoms with van der Waals surface area (Å²) in [6, 6.07) is 3.52. The molecule has 2 aromatic rings. The van der Waals surface area contributed by atoms with Gasteiger partial charge in [0.05, 0.1) is 6.04 Å². The summed E-state index contributed by atoms with van der Waals surface area (Å²) in [6.07, 6.45) is 1.52. The van der Waals surface area contributed by atoms with Crippen LogP contribution in [0.15, 0.2) is 36.5 Å². The zero-order valence-corrected chi connectivity index (χ0v) is 19.2. The van der Waals surface area contributed by atoms with E-state index in [-0.39, 0.29) is 24.1 Å². The molecule has 178 valence electrons. The highest BCUT2D eigenvalue weighted by molar-refractivity contribution is 5.96. The number of hydrogen-bond acceptors (Lipinski definition) is 5. The van der Waals surface area contributed by atoms with E-state index in [4.69, 9.17) is 4.74 Å². The zero-order chi connectivity index (χ0) is 24.9. The maximum Gasteiger partial charge on any atom is 0.302 e. The quantitative estimate of drug-likeness (QED) is 0.544. The second kappa shape index (κ2) is 10.5. The topological polar surface area (TPSA) is 84.4 Å². The van der Waals surface area contributed by atoms with Crippen LogP contribution in [-0.2, 0) is 4.79 Å². The molecule has 2 rings (SSSR count). The summed E-state index contributed by atoms with van der Waals surface area (Å²) in [6.45, 7) is 8.30. The fraction of sp³-hybridized carbons (Fsp3) is 0.391. The predicted octanol–water partition coefficient (Wildman–Crippen LogP) is 4.70. The molecular weight excluding hydrogens is 437 g/mol. The predicted molar refractivity (Wildman–Crippen MR) is 118 cm³/mol. The number of rotatable bonds is 9. The molecule has 0 bridgehead atoms. The van der Waals surface area contributed by atoms with Gasteiger partial charge in [0.2, 0.25) is 5.91 Å². The summed E-state index contributed by atoms with van der Waals surface area (Å²) in [5.74, 6) is -5.18. The molecule has 0 radical (unpaired) electrons. The third kappa shape index (κ3) is 6.53. The maximum absolute atomic E-state index is 14.4. The van der Waals surface area contributed by atoms with Crippen molar-refractivity contribution < 1.29 is 27.5 Å². The lowest BCUT2D eigenvalue weighted by Crippen LogP contribution is -2.30. The Morgan fingerprint density at radius 2 is 1.97 bits per heavy atom. The summed E-state index contributed by atoms with van der Waals surface area (Å²) in [5.41, 5.74) is 0.762. The molecule has 1 unspecified atom stereocenters. The molecule has 0 fully saturated rings. The minimum Gasteiger partial charge on any atom is -0.469 e. The third-order valence-electron chi connectivity index (χ3n) is 5.02. The highest BCUT2D eigenvalue weighted by Gasteiger charge is 2.32. The Morgan fingerprint density at radius 3 is 2.55 bits per heavy atom. The zero-order valence-electron chi connectivity index (χ0n) is 19.2. The molecule has 7 nitrogen and oxygen atoms in total. The van der Waals surface area contributed by atoms with Crippen molar-refractivity contribution in [2.24, 2.45) is 0 Å². The number of alkyl halides is 2. The van der Waals surface area contributed by atoms with Gasteiger partial charge in [0, 0.05) is 30.9 Å². The second-order valence-electron chi connectivity index (χ2n) is 7.71. The highest BCUT2D eigenvalue weighted by atomic mass is 19.3. The van der Waals surface area contributed by atoms with E-state index < -0.39 is 35.8 Å². The molecule has 0 aliphatic rings. The molecule has 0 saturated heterocycles. The Balaban J connectivity index is 2.18. The third-order valence-corrected chi connectivity index (χ3v) is 5.02. The normalized spacial score (nSPS) is 12.1. The average molecular weight is 464 g/mol. The van der Waals surface area contributed by atoms with E-state index in [0.717, 1.165) is 13.0 Å². The second-order valence-corrected chi connectivity index (χ2v) is 7.71. The van der Waals surface area contributed by atoms with Crippen LogP contribution < -0.4 is 10.1 Å². The van der Waals surface area contributed by atoms with Gasteiger partial charge in [-0.05, 0) is 50.1 Å². The number of pyridine rings is 2. The van der Waals surface area contributed by atoms with Crippen molar-refractivity contribution in [3.05, 3.63) is 59.2 Å². The number of halogens is 3. The van der Waals surface area contributed by atoms with Crippen LogP contribution in [0, 0.1) is 12.7 Å². The summed E-state index contributed by atoms with van der Waals surface area (Å²) < 4.78 is 46.5. The van der Waals surface area contributed by atoms with Gasteiger partial charge in [-0.3, -0.25) is 9.59 Å². The summed E-state index contributed by atoms with van der Waals surface area (Å²) in [4.78, 5) is 34.0. The maximum atomic E-state index is 14.4. The molecule has 0 aliphatic carbocycles. The Bertz CT molecular complexity index is 1060. The van der Waals surface area contributed by atoms with E-state index in [0.29, 0.717) is 16.8 Å². The van der Waals surface area contributed by atoms with Gasteiger partial charge in [0.25, 0.3) is 11.8 Å². The van der Waals surface area contributed by atoms with Crippen LogP contribution >= 0.6 is 0 Å². The molecule has 0 aliphatic heterocycles. The van der Waals surface area contributed by atoms with Crippen molar-refractivity contribution in [1.29, 1.82) is 0 Å². The first-order valence-corrected chi connectivity index (χ1v) is 10.2. The molecular formula is C23H27F3N4O3. The number of nitrogens with zero attached hydrogens (tertiary/aromatic N) is 3. The van der Waals surface area contributed by atoms with Gasteiger partial charge >= 0.3 is 5.92 Å². The van der Waals surface area contributed by atoms with Gasteiger partial charge in [-0.2, -0.15) is 8.78 Å². The Hall–Kier alpha value is -3.43. The summed E-state index contributed by atoms with van der Waals surface area (Å²) in [5, 5.41) is 2.62. The van der Waals surface area contributed by atoms with Gasteiger partial charge in [-0.1, -0.05) is 13.5 Å². The minimum absolute atomic E-state index is 0.238. The lowest BCUT2D eigenvalue weighted by atomic mass is 10.1. The largest absolute Gasteiger partial charge is 0.469 e. The first-order chi connectivity index (χ1) is 15.4. The first-order valence-electron chi connectivity index (χ1n) is 10.2. The molecule has 0 saturated carbocycles. The molecule has 10 heteroatoms. The molecule has 33 heavy (non-hydrogen) atoms. The molecule has 1 atom stereocenters. The standard InChI is InChI=1S/C23H27F3N4O3/c1-7-20(31)29-19-10-16(8-14(4)28-19)22(32)30(6)15(5)17-9-18(24)21(27-11-17)33-12-23(25,26)13(2)3/h8-11,15H,2,7,12H2,1,3-6H3,(H,28,29,31). The van der Waals surface area contributed by atoms with Crippen LogP contribution in [0.4, 0.5) is 19.0 Å². The number of carbonyl (C=O) groups is 2. The number of hydrogen-bond donors (Lipinski definition) is 1. The fourth-order valence-corrected chi connectivity index (χ4v) is 2.75. The van der Waals surface area contributed by atoms with Gasteiger partial charge < -0.3 is 15.0 Å². The van der Waals surface area contributed by atoms with Crippen molar-refractivity contribution >= 4 is 17.6 Å². The van der Waals surface area contributed by atoms with E-state index in [2.05, 4.69) is 21.9 Å². The lowest BCUT2D eigenvalue weighted by molar-refractivity contribution is -0.115. The van der Waals surface area contributed by atoms with E-state index in [1.54, 1.807) is 26.8 Å². The Labute approximate surface area is 190 Å². The molecule has 0 aromatic carbocycles. The fourth-order valence-electron chi connectivity index (χ4n) is 2.75. The average Bonchev–Trinajstić information content (AvgIpc) is 2.76. The number of aromatic nitrogens is 2. The number of ether oxygens (including phenoxy) is 1. The molecule has 2 amide bonds. The van der Waals surface area contributed by atoms with E-state index in [1.165, 1.54) is 24.2 Å². The number of nitrogens with one attached hydrogen (secondary N) is 1. The van der Waals surface area contributed by atoms with Crippen molar-refractivity contribution in [3.63, 3.8) is 0 Å². The van der Waals surface area contributed by atoms with Gasteiger partial charge in [-0.15, -0.1) is 0 Å². The monoisotopic (exact) mass is 464 g/mol. The Morgan fingerprint density at radius 1 is 1.30 bits per heavy atom. The van der Waals surface area contributed by atoms with Crippen LogP contribution in [0.25, 0.3) is 0 Å². The van der Waals surface area contributed by atoms with Gasteiger partial charge in [0.1, 0.15) is 5.82 Å². The van der Waals surface area contributed by atoms with Crippen molar-refractivity contribution in [2.75, 3.05) is 19.0 Å². The van der Waals surface area contributed by atoms with Crippen molar-refractivity contribution in [3.8, 4) is 5.88 Å². The van der Waals surface area contributed by atoms with E-state index >= 15 is 0 Å². The van der Waals surface area contributed by atoms with Crippen LogP contribution in [0.1, 0.15) is 54.8 Å². The Kier molecular flexibility index (Phi) is 8.18. The molecule has 1 N–H and O–H groups in total. The van der Waals surface area contributed by atoms with Gasteiger partial charge in [0.15, 0.2) is 12.4 Å². The van der Waals surface area contributed by atoms with E-state index in [1.807, 2.05) is 0 Å². The number of anilines is 1. The molecule has 2 aromatic heterocycles. The summed E-state index contributed by atoms with van der Waals surface area (Å²) in [7, 11) is 1.53. The SMILES string of the molecule is C=C(C)C(F)(F)COc1ncc(C(C)N(C)C(=O)c2cc(C)nc(NC(=O)CC)c2)cc1F. The van der Waals surface area contributed by atoms with Crippen LogP contribution in [-0.4, -0.2) is 46.3 Å². The van der Waals surface area contributed by atoms with Crippen molar-refractivity contribution in [1.82, 2.24) is 14.9 Å². The minimum atomic E-state index is -3.31. The number of aryl methyl sites for hydroxylation is 1. The molecule has 0 spiro atoms. The first kappa shape index (κ1) is 25.8.